The van der Waals surface area contributed by atoms with E-state index in [-0.39, 0.29) is 24.0 Å². The summed E-state index contributed by atoms with van der Waals surface area (Å²) >= 11 is 1.87. The number of nitrogens with one attached hydrogen (secondary N) is 2. The van der Waals surface area contributed by atoms with E-state index in [1.807, 2.05) is 24.8 Å². The van der Waals surface area contributed by atoms with Gasteiger partial charge in [-0.3, -0.25) is 4.99 Å². The first-order valence-corrected chi connectivity index (χ1v) is 10.4. The first-order chi connectivity index (χ1) is 12.2. The van der Waals surface area contributed by atoms with Crippen molar-refractivity contribution in [3.63, 3.8) is 0 Å². The van der Waals surface area contributed by atoms with Gasteiger partial charge in [0, 0.05) is 19.6 Å². The second kappa shape index (κ2) is 16.4. The van der Waals surface area contributed by atoms with Crippen LogP contribution in [0.4, 0.5) is 0 Å². The molecule has 26 heavy (non-hydrogen) atoms. The molecular weight excluding hydrogens is 461 g/mol. The molecule has 0 aliphatic rings. The number of benzene rings is 1. The molecule has 0 aliphatic heterocycles. The SMILES string of the molecule is CCNC(=NCCCc1ccc(OC)c(OCC)c1)NCCCSC.I. The number of ether oxygens (including phenoxy) is 2. The molecule has 0 saturated carbocycles. The second-order valence-corrected chi connectivity index (χ2v) is 6.54. The molecule has 2 N–H and O–H groups in total. The maximum atomic E-state index is 5.63. The van der Waals surface area contributed by atoms with Crippen LogP contribution in [0.1, 0.15) is 32.3 Å². The molecule has 1 rings (SSSR count). The van der Waals surface area contributed by atoms with E-state index in [4.69, 9.17) is 9.47 Å². The molecule has 1 aromatic carbocycles. The zero-order chi connectivity index (χ0) is 18.3. The summed E-state index contributed by atoms with van der Waals surface area (Å²) in [6.45, 7) is 7.35. The summed E-state index contributed by atoms with van der Waals surface area (Å²) in [6.07, 6.45) is 5.26. The summed E-state index contributed by atoms with van der Waals surface area (Å²) < 4.78 is 11.0. The van der Waals surface area contributed by atoms with Gasteiger partial charge in [0.2, 0.25) is 0 Å². The Labute approximate surface area is 180 Å². The Kier molecular flexibility index (Phi) is 15.8. The number of nitrogens with zero attached hydrogens (tertiary/aromatic N) is 1. The molecule has 0 saturated heterocycles. The molecule has 0 aromatic heterocycles. The van der Waals surface area contributed by atoms with Crippen molar-refractivity contribution in [2.75, 3.05) is 45.4 Å². The predicted molar refractivity (Wildman–Crippen MR) is 125 cm³/mol. The third kappa shape index (κ3) is 10.4. The topological polar surface area (TPSA) is 54.9 Å². The van der Waals surface area contributed by atoms with Crippen molar-refractivity contribution < 1.29 is 9.47 Å². The maximum Gasteiger partial charge on any atom is 0.191 e. The molecule has 1 aromatic rings. The highest BCUT2D eigenvalue weighted by Crippen LogP contribution is 2.28. The van der Waals surface area contributed by atoms with E-state index < -0.39 is 0 Å². The van der Waals surface area contributed by atoms with Gasteiger partial charge in [0.1, 0.15) is 0 Å². The van der Waals surface area contributed by atoms with E-state index in [0.29, 0.717) is 6.61 Å². The quantitative estimate of drug-likeness (QED) is 0.199. The molecule has 0 fully saturated rings. The van der Waals surface area contributed by atoms with Crippen LogP contribution in [0.2, 0.25) is 0 Å². The lowest BCUT2D eigenvalue weighted by molar-refractivity contribution is 0.310. The summed E-state index contributed by atoms with van der Waals surface area (Å²) in [4.78, 5) is 4.65. The van der Waals surface area contributed by atoms with Crippen LogP contribution in [-0.4, -0.2) is 51.3 Å². The Morgan fingerprint density at radius 3 is 2.62 bits per heavy atom. The highest BCUT2D eigenvalue weighted by atomic mass is 127. The van der Waals surface area contributed by atoms with Crippen molar-refractivity contribution in [3.05, 3.63) is 23.8 Å². The largest absolute Gasteiger partial charge is 0.493 e. The Morgan fingerprint density at radius 1 is 1.15 bits per heavy atom. The lowest BCUT2D eigenvalue weighted by atomic mass is 10.1. The van der Waals surface area contributed by atoms with Crippen LogP contribution >= 0.6 is 35.7 Å². The van der Waals surface area contributed by atoms with Crippen molar-refractivity contribution in [1.29, 1.82) is 0 Å². The zero-order valence-electron chi connectivity index (χ0n) is 16.5. The first-order valence-electron chi connectivity index (χ1n) is 9.05. The Balaban J connectivity index is 0.00000625. The average Bonchev–Trinajstić information content (AvgIpc) is 2.62. The molecule has 0 heterocycles. The van der Waals surface area contributed by atoms with Crippen LogP contribution in [0.15, 0.2) is 23.2 Å². The Morgan fingerprint density at radius 2 is 1.96 bits per heavy atom. The average molecular weight is 495 g/mol. The summed E-state index contributed by atoms with van der Waals surface area (Å²) in [5.41, 5.74) is 1.25. The minimum absolute atomic E-state index is 0. The van der Waals surface area contributed by atoms with Crippen molar-refractivity contribution in [3.8, 4) is 11.5 Å². The van der Waals surface area contributed by atoms with Gasteiger partial charge in [-0.1, -0.05) is 6.07 Å². The third-order valence-corrected chi connectivity index (χ3v) is 4.28. The summed E-state index contributed by atoms with van der Waals surface area (Å²) in [5, 5.41) is 6.68. The second-order valence-electron chi connectivity index (χ2n) is 5.56. The highest BCUT2D eigenvalue weighted by Gasteiger charge is 2.05. The third-order valence-electron chi connectivity index (χ3n) is 3.58. The van der Waals surface area contributed by atoms with Crippen molar-refractivity contribution in [1.82, 2.24) is 10.6 Å². The van der Waals surface area contributed by atoms with E-state index in [1.54, 1.807) is 7.11 Å². The number of rotatable bonds is 12. The molecule has 0 bridgehead atoms. The number of thioether (sulfide) groups is 1. The zero-order valence-corrected chi connectivity index (χ0v) is 19.6. The van der Waals surface area contributed by atoms with Crippen LogP contribution < -0.4 is 20.1 Å². The minimum atomic E-state index is 0. The molecule has 150 valence electrons. The molecular formula is C19H34IN3O2S. The number of guanidine groups is 1. The maximum absolute atomic E-state index is 5.63. The highest BCUT2D eigenvalue weighted by molar-refractivity contribution is 14.0. The van der Waals surface area contributed by atoms with Crippen LogP contribution in [0.25, 0.3) is 0 Å². The number of aryl methyl sites for hydroxylation is 1. The van der Waals surface area contributed by atoms with Crippen molar-refractivity contribution in [2.24, 2.45) is 4.99 Å². The lowest BCUT2D eigenvalue weighted by Gasteiger charge is -2.12. The Hall–Kier alpha value is -0.830. The van der Waals surface area contributed by atoms with Gasteiger partial charge < -0.3 is 20.1 Å². The van der Waals surface area contributed by atoms with E-state index in [9.17, 15) is 0 Å². The number of aliphatic imine (C=N–C) groups is 1. The fourth-order valence-corrected chi connectivity index (χ4v) is 2.82. The summed E-state index contributed by atoms with van der Waals surface area (Å²) in [7, 11) is 1.67. The van der Waals surface area contributed by atoms with E-state index in [1.165, 1.54) is 11.3 Å². The molecule has 5 nitrogen and oxygen atoms in total. The van der Waals surface area contributed by atoms with Crippen molar-refractivity contribution >= 4 is 41.7 Å². The standard InChI is InChI=1S/C19H33N3O2S.HI/c1-5-20-19(22-13-8-14-25-4)21-12-7-9-16-10-11-17(23-3)18(15-16)24-6-2;/h10-11,15H,5-9,12-14H2,1-4H3,(H2,20,21,22);1H. The predicted octanol–water partition coefficient (Wildman–Crippen LogP) is 3.95. The lowest BCUT2D eigenvalue weighted by Crippen LogP contribution is -2.38. The van der Waals surface area contributed by atoms with Gasteiger partial charge in [-0.05, 0) is 62.8 Å². The van der Waals surface area contributed by atoms with E-state index >= 15 is 0 Å². The number of hydrogen-bond donors (Lipinski definition) is 2. The fourth-order valence-electron chi connectivity index (χ4n) is 2.38. The Bertz CT molecular complexity index is 516. The van der Waals surface area contributed by atoms with Crippen LogP contribution in [0, 0.1) is 0 Å². The van der Waals surface area contributed by atoms with Gasteiger partial charge in [0.25, 0.3) is 0 Å². The normalized spacial score (nSPS) is 10.8. The van der Waals surface area contributed by atoms with Crippen LogP contribution in [-0.2, 0) is 6.42 Å². The summed E-state index contributed by atoms with van der Waals surface area (Å²) in [5.74, 6) is 3.68. The fraction of sp³-hybridized carbons (Fsp3) is 0.632. The number of halogens is 1. The monoisotopic (exact) mass is 495 g/mol. The molecule has 0 amide bonds. The van der Waals surface area contributed by atoms with Gasteiger partial charge in [-0.15, -0.1) is 24.0 Å². The van der Waals surface area contributed by atoms with Gasteiger partial charge in [0.05, 0.1) is 13.7 Å². The van der Waals surface area contributed by atoms with Crippen LogP contribution in [0.5, 0.6) is 11.5 Å². The number of hydrogen-bond acceptors (Lipinski definition) is 4. The van der Waals surface area contributed by atoms with Crippen molar-refractivity contribution in [2.45, 2.75) is 33.1 Å². The first kappa shape index (κ1) is 25.2. The summed E-state index contributed by atoms with van der Waals surface area (Å²) in [6, 6.07) is 6.13. The molecule has 0 atom stereocenters. The smallest absolute Gasteiger partial charge is 0.191 e. The number of methoxy groups -OCH3 is 1. The van der Waals surface area contributed by atoms with Gasteiger partial charge >= 0.3 is 0 Å². The molecule has 0 radical (unpaired) electrons. The molecule has 0 spiro atoms. The van der Waals surface area contributed by atoms with Crippen LogP contribution in [0.3, 0.4) is 0 Å². The van der Waals surface area contributed by atoms with Gasteiger partial charge in [0.15, 0.2) is 17.5 Å². The van der Waals surface area contributed by atoms with E-state index in [2.05, 4.69) is 40.9 Å². The molecule has 0 aliphatic carbocycles. The van der Waals surface area contributed by atoms with Gasteiger partial charge in [-0.2, -0.15) is 11.8 Å². The minimum Gasteiger partial charge on any atom is -0.493 e. The van der Waals surface area contributed by atoms with Gasteiger partial charge in [-0.25, -0.2) is 0 Å². The molecule has 0 unspecified atom stereocenters. The molecule has 7 heteroatoms. The van der Waals surface area contributed by atoms with E-state index in [0.717, 1.165) is 56.4 Å².